The summed E-state index contributed by atoms with van der Waals surface area (Å²) in [7, 11) is 0. The van der Waals surface area contributed by atoms with Crippen molar-refractivity contribution >= 4 is 6.09 Å². The molecular formula is C18H36N2O2. The molecule has 0 bridgehead atoms. The number of nitrogens with one attached hydrogen (secondary N) is 2. The third-order valence-corrected chi connectivity index (χ3v) is 4.51. The van der Waals surface area contributed by atoms with E-state index in [4.69, 9.17) is 4.74 Å². The van der Waals surface area contributed by atoms with Gasteiger partial charge in [-0.1, -0.05) is 27.7 Å². The molecule has 1 saturated carbocycles. The summed E-state index contributed by atoms with van der Waals surface area (Å²) in [6.45, 7) is 15.9. The minimum atomic E-state index is -0.428. The Hall–Kier alpha value is -0.770. The van der Waals surface area contributed by atoms with Crippen LogP contribution in [0.15, 0.2) is 0 Å². The van der Waals surface area contributed by atoms with Gasteiger partial charge in [0.1, 0.15) is 5.60 Å². The Labute approximate surface area is 136 Å². The molecule has 2 atom stereocenters. The Bertz CT molecular complexity index is 339. The van der Waals surface area contributed by atoms with Gasteiger partial charge in [-0.05, 0) is 64.3 Å². The maximum Gasteiger partial charge on any atom is 0.407 e. The lowest BCUT2D eigenvalue weighted by molar-refractivity contribution is 0.0505. The van der Waals surface area contributed by atoms with E-state index in [2.05, 4.69) is 38.3 Å². The van der Waals surface area contributed by atoms with Crippen LogP contribution in [-0.4, -0.2) is 30.3 Å². The fourth-order valence-corrected chi connectivity index (χ4v) is 3.32. The molecule has 22 heavy (non-hydrogen) atoms. The fourth-order valence-electron chi connectivity index (χ4n) is 3.32. The lowest BCUT2D eigenvalue weighted by atomic mass is 9.85. The van der Waals surface area contributed by atoms with Crippen LogP contribution in [0.3, 0.4) is 0 Å². The normalized spacial score (nSPS) is 22.6. The summed E-state index contributed by atoms with van der Waals surface area (Å²) in [6, 6.07) is 0.754. The summed E-state index contributed by atoms with van der Waals surface area (Å²) < 4.78 is 5.33. The van der Waals surface area contributed by atoms with Crippen LogP contribution in [0.2, 0.25) is 0 Å². The van der Waals surface area contributed by atoms with Crippen LogP contribution in [0.25, 0.3) is 0 Å². The van der Waals surface area contributed by atoms with Crippen molar-refractivity contribution in [2.24, 2.45) is 17.8 Å². The van der Waals surface area contributed by atoms with E-state index in [0.717, 1.165) is 25.8 Å². The van der Waals surface area contributed by atoms with Crippen molar-refractivity contribution in [1.29, 1.82) is 0 Å². The number of ether oxygens (including phenoxy) is 1. The molecule has 0 spiro atoms. The van der Waals surface area contributed by atoms with E-state index in [1.54, 1.807) is 0 Å². The number of hydrogen-bond donors (Lipinski definition) is 2. The predicted molar refractivity (Wildman–Crippen MR) is 92.0 cm³/mol. The molecule has 1 aliphatic rings. The highest BCUT2D eigenvalue weighted by atomic mass is 16.6. The average molecular weight is 312 g/mol. The second kappa shape index (κ2) is 8.19. The summed E-state index contributed by atoms with van der Waals surface area (Å²) >= 11 is 0. The van der Waals surface area contributed by atoms with Gasteiger partial charge in [-0.15, -0.1) is 0 Å². The van der Waals surface area contributed by atoms with Crippen LogP contribution >= 0.6 is 0 Å². The van der Waals surface area contributed by atoms with Gasteiger partial charge in [0, 0.05) is 12.1 Å². The number of hydrogen-bond acceptors (Lipinski definition) is 3. The molecule has 0 aromatic carbocycles. The molecule has 1 aliphatic carbocycles. The van der Waals surface area contributed by atoms with Gasteiger partial charge in [0.2, 0.25) is 0 Å². The van der Waals surface area contributed by atoms with Crippen LogP contribution < -0.4 is 10.6 Å². The summed E-state index contributed by atoms with van der Waals surface area (Å²) in [6.07, 6.45) is 2.87. The van der Waals surface area contributed by atoms with Crippen LogP contribution in [-0.2, 0) is 4.74 Å². The minimum absolute atomic E-state index is 0.240. The molecule has 0 saturated heterocycles. The summed E-state index contributed by atoms with van der Waals surface area (Å²) in [5, 5.41) is 6.70. The first-order valence-electron chi connectivity index (χ1n) is 8.81. The van der Waals surface area contributed by atoms with E-state index in [1.165, 1.54) is 0 Å². The van der Waals surface area contributed by atoms with Crippen molar-refractivity contribution in [3.8, 4) is 0 Å². The Morgan fingerprint density at radius 1 is 1.09 bits per heavy atom. The molecule has 1 amide bonds. The fraction of sp³-hybridized carbons (Fsp3) is 0.944. The van der Waals surface area contributed by atoms with Gasteiger partial charge in [-0.2, -0.15) is 0 Å². The van der Waals surface area contributed by atoms with Crippen molar-refractivity contribution in [3.63, 3.8) is 0 Å². The van der Waals surface area contributed by atoms with E-state index in [1.807, 2.05) is 20.8 Å². The monoisotopic (exact) mass is 312 g/mol. The Morgan fingerprint density at radius 2 is 1.64 bits per heavy atom. The van der Waals surface area contributed by atoms with Crippen LogP contribution in [0, 0.1) is 17.8 Å². The molecular weight excluding hydrogens is 276 g/mol. The highest BCUT2D eigenvalue weighted by Gasteiger charge is 2.28. The third kappa shape index (κ3) is 6.99. The van der Waals surface area contributed by atoms with E-state index < -0.39 is 5.60 Å². The zero-order valence-corrected chi connectivity index (χ0v) is 15.5. The SMILES string of the molecule is CC(C)C(CNC1CCC(NC(=O)OC(C)(C)C)C1)C(C)C. The van der Waals surface area contributed by atoms with Crippen molar-refractivity contribution in [2.45, 2.75) is 85.4 Å². The van der Waals surface area contributed by atoms with Crippen molar-refractivity contribution in [1.82, 2.24) is 10.6 Å². The van der Waals surface area contributed by atoms with Crippen LogP contribution in [0.4, 0.5) is 4.79 Å². The summed E-state index contributed by atoms with van der Waals surface area (Å²) in [4.78, 5) is 11.8. The lowest BCUT2D eigenvalue weighted by Crippen LogP contribution is -2.40. The molecule has 130 valence electrons. The Morgan fingerprint density at radius 3 is 2.14 bits per heavy atom. The minimum Gasteiger partial charge on any atom is -0.444 e. The second-order valence-electron chi connectivity index (χ2n) is 8.41. The van der Waals surface area contributed by atoms with Crippen molar-refractivity contribution < 1.29 is 9.53 Å². The molecule has 0 radical (unpaired) electrons. The highest BCUT2D eigenvalue weighted by Crippen LogP contribution is 2.23. The highest BCUT2D eigenvalue weighted by molar-refractivity contribution is 5.68. The number of alkyl carbamates (subject to hydrolysis) is 1. The maximum absolute atomic E-state index is 11.8. The third-order valence-electron chi connectivity index (χ3n) is 4.51. The van der Waals surface area contributed by atoms with Gasteiger partial charge < -0.3 is 15.4 Å². The molecule has 4 nitrogen and oxygen atoms in total. The van der Waals surface area contributed by atoms with E-state index in [-0.39, 0.29) is 12.1 Å². The molecule has 4 heteroatoms. The molecule has 0 heterocycles. The Kier molecular flexibility index (Phi) is 7.17. The summed E-state index contributed by atoms with van der Waals surface area (Å²) in [5.74, 6) is 2.10. The van der Waals surface area contributed by atoms with E-state index >= 15 is 0 Å². The molecule has 1 rings (SSSR count). The van der Waals surface area contributed by atoms with Crippen LogP contribution in [0.1, 0.15) is 67.7 Å². The number of carbonyl (C=O) groups is 1. The zero-order valence-electron chi connectivity index (χ0n) is 15.5. The van der Waals surface area contributed by atoms with E-state index in [9.17, 15) is 4.79 Å². The average Bonchev–Trinajstić information content (AvgIpc) is 2.73. The van der Waals surface area contributed by atoms with Crippen LogP contribution in [0.5, 0.6) is 0 Å². The Balaban J connectivity index is 2.32. The zero-order chi connectivity index (χ0) is 16.9. The smallest absolute Gasteiger partial charge is 0.407 e. The van der Waals surface area contributed by atoms with Crippen molar-refractivity contribution in [2.75, 3.05) is 6.54 Å². The summed E-state index contributed by atoms with van der Waals surface area (Å²) in [5.41, 5.74) is -0.428. The van der Waals surface area contributed by atoms with Gasteiger partial charge in [0.15, 0.2) is 0 Å². The van der Waals surface area contributed by atoms with Gasteiger partial charge in [-0.25, -0.2) is 4.79 Å². The van der Waals surface area contributed by atoms with Gasteiger partial charge in [0.25, 0.3) is 0 Å². The number of amides is 1. The van der Waals surface area contributed by atoms with Gasteiger partial charge in [-0.3, -0.25) is 0 Å². The quantitative estimate of drug-likeness (QED) is 0.781. The van der Waals surface area contributed by atoms with E-state index in [0.29, 0.717) is 23.8 Å². The topological polar surface area (TPSA) is 50.4 Å². The second-order valence-corrected chi connectivity index (χ2v) is 8.41. The lowest BCUT2D eigenvalue weighted by Gasteiger charge is -2.27. The number of rotatable bonds is 6. The molecule has 1 fully saturated rings. The largest absolute Gasteiger partial charge is 0.444 e. The molecule has 2 N–H and O–H groups in total. The number of carbonyl (C=O) groups excluding carboxylic acids is 1. The van der Waals surface area contributed by atoms with Crippen molar-refractivity contribution in [3.05, 3.63) is 0 Å². The molecule has 2 unspecified atom stereocenters. The van der Waals surface area contributed by atoms with Gasteiger partial charge in [0.05, 0.1) is 0 Å². The predicted octanol–water partition coefficient (Wildman–Crippen LogP) is 3.95. The molecule has 0 aliphatic heterocycles. The van der Waals surface area contributed by atoms with Gasteiger partial charge >= 0.3 is 6.09 Å². The maximum atomic E-state index is 11.8. The molecule has 0 aromatic rings. The first-order chi connectivity index (χ1) is 10.1. The first-order valence-corrected chi connectivity index (χ1v) is 8.81. The standard InChI is InChI=1S/C18H36N2O2/c1-12(2)16(13(3)4)11-19-14-8-9-15(10-14)20-17(21)22-18(5,6)7/h12-16,19H,8-11H2,1-7H3,(H,20,21). The first kappa shape index (κ1) is 19.3. The molecule has 0 aromatic heterocycles.